The summed E-state index contributed by atoms with van der Waals surface area (Å²) < 4.78 is 19.2. The molecular formula is C33H24O8. The first kappa shape index (κ1) is 24.1. The Morgan fingerprint density at radius 2 is 1.68 bits per heavy atom. The molecule has 0 radical (unpaired) electrons. The van der Waals surface area contributed by atoms with Crippen LogP contribution in [0.5, 0.6) is 17.2 Å². The summed E-state index contributed by atoms with van der Waals surface area (Å²) in [4.78, 5) is 41.7. The lowest BCUT2D eigenvalue weighted by Gasteiger charge is -2.47. The minimum Gasteiger partial charge on any atom is -0.507 e. The van der Waals surface area contributed by atoms with Crippen molar-refractivity contribution in [3.05, 3.63) is 104 Å². The summed E-state index contributed by atoms with van der Waals surface area (Å²) in [5.41, 5.74) is 1.51. The average molecular weight is 549 g/mol. The maximum atomic E-state index is 14.1. The fraction of sp³-hybridized carbons (Fsp3) is 0.242. The molecular weight excluding hydrogens is 524 g/mol. The van der Waals surface area contributed by atoms with E-state index in [1.54, 1.807) is 43.3 Å². The van der Waals surface area contributed by atoms with Gasteiger partial charge in [-0.3, -0.25) is 14.4 Å². The van der Waals surface area contributed by atoms with E-state index >= 15 is 0 Å². The highest BCUT2D eigenvalue weighted by Crippen LogP contribution is 2.73. The van der Waals surface area contributed by atoms with Crippen LogP contribution in [0.2, 0.25) is 0 Å². The Morgan fingerprint density at radius 3 is 2.44 bits per heavy atom. The van der Waals surface area contributed by atoms with Crippen molar-refractivity contribution < 1.29 is 38.8 Å². The molecule has 0 aromatic heterocycles. The molecule has 41 heavy (non-hydrogen) atoms. The Morgan fingerprint density at radius 1 is 0.902 bits per heavy atom. The number of aliphatic hydroxyl groups is 1. The predicted octanol–water partition coefficient (Wildman–Crippen LogP) is 4.81. The molecule has 0 unspecified atom stereocenters. The molecule has 204 valence electrons. The molecule has 2 heterocycles. The fourth-order valence-electron chi connectivity index (χ4n) is 8.15. The second kappa shape index (κ2) is 7.33. The van der Waals surface area contributed by atoms with Crippen LogP contribution in [-0.4, -0.2) is 40.8 Å². The number of aliphatic hydroxyl groups excluding tert-OH is 1. The van der Waals surface area contributed by atoms with Crippen LogP contribution in [0.4, 0.5) is 0 Å². The van der Waals surface area contributed by atoms with E-state index < -0.39 is 40.6 Å². The van der Waals surface area contributed by atoms with Crippen molar-refractivity contribution in [1.82, 2.24) is 0 Å². The third-order valence-corrected chi connectivity index (χ3v) is 9.40. The standard InChI is InChI=1S/C33H24O8/c1-13-10-17-23(20(34)11-13)29(37)24-16(28(17)36)8-9-19-31(24)41-33-18-6-5-7-22(39-4)25(18)30(38)27-21(35)12-14(2)26(15(3)40-33)32(19,27)33/h5-12,15,26,34,38H,1-4H3/t15-,26-,32+,33+/m1/s1. The van der Waals surface area contributed by atoms with Gasteiger partial charge in [-0.05, 0) is 56.7 Å². The van der Waals surface area contributed by atoms with Crippen LogP contribution in [0, 0.1) is 12.8 Å². The Hall–Kier alpha value is -4.69. The Balaban J connectivity index is 1.52. The zero-order chi connectivity index (χ0) is 28.7. The molecule has 0 bridgehead atoms. The van der Waals surface area contributed by atoms with Gasteiger partial charge in [-0.1, -0.05) is 23.8 Å². The molecule has 8 nitrogen and oxygen atoms in total. The normalized spacial score (nSPS) is 28.2. The third-order valence-electron chi connectivity index (χ3n) is 9.40. The van der Waals surface area contributed by atoms with Gasteiger partial charge in [-0.15, -0.1) is 0 Å². The maximum absolute atomic E-state index is 14.1. The largest absolute Gasteiger partial charge is 0.507 e. The zero-order valence-corrected chi connectivity index (χ0v) is 22.6. The third kappa shape index (κ3) is 2.42. The summed E-state index contributed by atoms with van der Waals surface area (Å²) in [6.45, 7) is 5.48. The number of aryl methyl sites for hydroxylation is 1. The number of fused-ring (bicyclic) bond motifs is 5. The number of phenols is 1. The number of phenolic OH excluding ortho intramolecular Hbond substituents is 1. The number of aromatic hydroxyl groups is 1. The topological polar surface area (TPSA) is 119 Å². The molecule has 5 aliphatic rings. The van der Waals surface area contributed by atoms with E-state index in [4.69, 9.17) is 14.2 Å². The molecule has 0 saturated carbocycles. The van der Waals surface area contributed by atoms with Gasteiger partial charge < -0.3 is 24.4 Å². The van der Waals surface area contributed by atoms with Crippen molar-refractivity contribution in [3.8, 4) is 17.2 Å². The molecule has 3 aromatic carbocycles. The van der Waals surface area contributed by atoms with Crippen LogP contribution in [0.1, 0.15) is 67.9 Å². The highest BCUT2D eigenvalue weighted by molar-refractivity contribution is 6.30. The van der Waals surface area contributed by atoms with Gasteiger partial charge in [0.15, 0.2) is 11.6 Å². The molecule has 0 amide bonds. The van der Waals surface area contributed by atoms with Gasteiger partial charge >= 0.3 is 0 Å². The van der Waals surface area contributed by atoms with E-state index in [9.17, 15) is 24.6 Å². The molecule has 3 aliphatic carbocycles. The lowest BCUT2D eigenvalue weighted by atomic mass is 9.53. The minimum atomic E-state index is -1.65. The van der Waals surface area contributed by atoms with Crippen molar-refractivity contribution in [1.29, 1.82) is 0 Å². The van der Waals surface area contributed by atoms with Crippen molar-refractivity contribution in [2.75, 3.05) is 7.11 Å². The summed E-state index contributed by atoms with van der Waals surface area (Å²) in [5.74, 6) is -3.56. The molecule has 8 rings (SSSR count). The van der Waals surface area contributed by atoms with Crippen LogP contribution in [0.3, 0.4) is 0 Å². The zero-order valence-electron chi connectivity index (χ0n) is 22.6. The number of hydrogen-bond donors (Lipinski definition) is 2. The lowest BCUT2D eigenvalue weighted by Crippen LogP contribution is -2.55. The summed E-state index contributed by atoms with van der Waals surface area (Å²) in [5, 5.41) is 22.6. The number of ether oxygens (including phenoxy) is 3. The number of methoxy groups -OCH3 is 1. The first-order chi connectivity index (χ1) is 19.6. The number of hydrogen-bond acceptors (Lipinski definition) is 8. The van der Waals surface area contributed by atoms with Gasteiger partial charge in [0.2, 0.25) is 5.78 Å². The number of ketones is 3. The van der Waals surface area contributed by atoms with E-state index in [-0.39, 0.29) is 50.6 Å². The van der Waals surface area contributed by atoms with Crippen molar-refractivity contribution >= 4 is 23.1 Å². The molecule has 1 saturated heterocycles. The molecule has 2 N–H and O–H groups in total. The summed E-state index contributed by atoms with van der Waals surface area (Å²) in [6, 6.07) is 11.5. The van der Waals surface area contributed by atoms with Crippen molar-refractivity contribution in [3.63, 3.8) is 0 Å². The molecule has 3 aromatic rings. The number of allylic oxidation sites excluding steroid dienone is 1. The number of rotatable bonds is 1. The molecule has 2 aliphatic heterocycles. The van der Waals surface area contributed by atoms with Crippen LogP contribution in [-0.2, 0) is 20.7 Å². The summed E-state index contributed by atoms with van der Waals surface area (Å²) in [6.07, 6.45) is 1.06. The average Bonchev–Trinajstić information content (AvgIpc) is 3.35. The van der Waals surface area contributed by atoms with Crippen molar-refractivity contribution in [2.24, 2.45) is 5.92 Å². The Kier molecular flexibility index (Phi) is 4.31. The van der Waals surface area contributed by atoms with E-state index in [1.807, 2.05) is 13.8 Å². The summed E-state index contributed by atoms with van der Waals surface area (Å²) >= 11 is 0. The highest BCUT2D eigenvalue weighted by atomic mass is 16.7. The van der Waals surface area contributed by atoms with E-state index in [2.05, 4.69) is 0 Å². The Bertz CT molecular complexity index is 1910. The molecule has 1 fully saturated rings. The van der Waals surface area contributed by atoms with Gasteiger partial charge in [0.05, 0.1) is 35.5 Å². The quantitative estimate of drug-likeness (QED) is 0.348. The fourth-order valence-corrected chi connectivity index (χ4v) is 8.15. The monoisotopic (exact) mass is 548 g/mol. The predicted molar refractivity (Wildman–Crippen MR) is 145 cm³/mol. The first-order valence-electron chi connectivity index (χ1n) is 13.4. The SMILES string of the molecule is COc1cccc2c1C(O)=C1C(=O)C=C(C)[C@@H]3[C@@H](C)O[C@]24Oc2c(ccc5c2C(=O)c2c(O)cc(C)cc2C5=O)[C@@]134. The van der Waals surface area contributed by atoms with Gasteiger partial charge in [0.25, 0.3) is 5.79 Å². The minimum absolute atomic E-state index is 0.00199. The second-order valence-corrected chi connectivity index (χ2v) is 11.4. The maximum Gasteiger partial charge on any atom is 0.253 e. The number of carbonyl (C=O) groups excluding carboxylic acids is 3. The van der Waals surface area contributed by atoms with Gasteiger partial charge in [-0.25, -0.2) is 0 Å². The van der Waals surface area contributed by atoms with E-state index in [0.29, 0.717) is 22.4 Å². The molecule has 8 heteroatoms. The van der Waals surface area contributed by atoms with Gasteiger partial charge in [-0.2, -0.15) is 0 Å². The van der Waals surface area contributed by atoms with Crippen LogP contribution < -0.4 is 9.47 Å². The highest BCUT2D eigenvalue weighted by Gasteiger charge is 2.78. The first-order valence-corrected chi connectivity index (χ1v) is 13.4. The van der Waals surface area contributed by atoms with Crippen LogP contribution in [0.25, 0.3) is 5.76 Å². The van der Waals surface area contributed by atoms with Crippen LogP contribution in [0.15, 0.2) is 59.7 Å². The number of benzene rings is 3. The van der Waals surface area contributed by atoms with E-state index in [0.717, 1.165) is 5.57 Å². The Labute approximate surface area is 234 Å². The second-order valence-electron chi connectivity index (χ2n) is 11.4. The van der Waals surface area contributed by atoms with Gasteiger partial charge in [0.1, 0.15) is 28.4 Å². The summed E-state index contributed by atoms with van der Waals surface area (Å²) in [7, 11) is 1.47. The smallest absolute Gasteiger partial charge is 0.253 e. The molecule has 1 spiro atoms. The van der Waals surface area contributed by atoms with E-state index in [1.165, 1.54) is 19.3 Å². The number of carbonyl (C=O) groups is 3. The van der Waals surface area contributed by atoms with Gasteiger partial charge in [0, 0.05) is 28.2 Å². The lowest BCUT2D eigenvalue weighted by molar-refractivity contribution is -0.189. The van der Waals surface area contributed by atoms with Crippen LogP contribution >= 0.6 is 0 Å². The van der Waals surface area contributed by atoms with Crippen molar-refractivity contribution in [2.45, 2.75) is 38.1 Å². The molecule has 4 atom stereocenters.